The summed E-state index contributed by atoms with van der Waals surface area (Å²) in [6.07, 6.45) is 2.05. The summed E-state index contributed by atoms with van der Waals surface area (Å²) < 4.78 is 5.63. The highest BCUT2D eigenvalue weighted by atomic mass is 35.5. The van der Waals surface area contributed by atoms with Gasteiger partial charge in [-0.05, 0) is 44.6 Å². The number of alkyl halides is 1. The van der Waals surface area contributed by atoms with Gasteiger partial charge in [0.2, 0.25) is 5.91 Å². The highest BCUT2D eigenvalue weighted by molar-refractivity contribution is 6.17. The average molecular weight is 313 g/mol. The number of carbonyl (C=O) groups is 1. The maximum absolute atomic E-state index is 11.4. The minimum atomic E-state index is 0.0688. The van der Waals surface area contributed by atoms with E-state index in [2.05, 4.69) is 10.2 Å². The fourth-order valence-corrected chi connectivity index (χ4v) is 1.89. The van der Waals surface area contributed by atoms with Gasteiger partial charge in [0.25, 0.3) is 0 Å². The van der Waals surface area contributed by atoms with Crippen LogP contribution in [0.4, 0.5) is 0 Å². The molecular weight excluding hydrogens is 288 g/mol. The maximum atomic E-state index is 11.4. The third-order valence-electron chi connectivity index (χ3n) is 3.00. The smallest absolute Gasteiger partial charge is 0.220 e. The molecule has 1 aromatic carbocycles. The van der Waals surface area contributed by atoms with Crippen LogP contribution in [0, 0.1) is 0 Å². The molecular formula is C16H25ClN2O2. The summed E-state index contributed by atoms with van der Waals surface area (Å²) in [7, 11) is 4.04. The normalized spacial score (nSPS) is 10.7. The quantitative estimate of drug-likeness (QED) is 0.674. The van der Waals surface area contributed by atoms with Crippen molar-refractivity contribution in [2.75, 3.05) is 39.7 Å². The van der Waals surface area contributed by atoms with Crippen LogP contribution < -0.4 is 10.1 Å². The Morgan fingerprint density at radius 3 is 2.62 bits per heavy atom. The van der Waals surface area contributed by atoms with Crippen molar-refractivity contribution in [3.05, 3.63) is 29.8 Å². The first-order chi connectivity index (χ1) is 10.1. The number of hydrogen-bond donors (Lipinski definition) is 1. The lowest BCUT2D eigenvalue weighted by Crippen LogP contribution is -2.25. The van der Waals surface area contributed by atoms with Crippen molar-refractivity contribution in [3.8, 4) is 5.75 Å². The first-order valence-electron chi connectivity index (χ1n) is 7.31. The topological polar surface area (TPSA) is 41.6 Å². The van der Waals surface area contributed by atoms with Crippen molar-refractivity contribution >= 4 is 17.5 Å². The number of hydrogen-bond acceptors (Lipinski definition) is 3. The largest absolute Gasteiger partial charge is 0.492 e. The second kappa shape index (κ2) is 10.5. The van der Waals surface area contributed by atoms with Crippen LogP contribution in [-0.4, -0.2) is 50.5 Å². The highest BCUT2D eigenvalue weighted by Crippen LogP contribution is 2.12. The number of rotatable bonds is 10. The van der Waals surface area contributed by atoms with Gasteiger partial charge in [0.05, 0.1) is 0 Å². The molecule has 0 radical (unpaired) electrons. The predicted molar refractivity (Wildman–Crippen MR) is 87.2 cm³/mol. The van der Waals surface area contributed by atoms with Crippen molar-refractivity contribution < 1.29 is 9.53 Å². The van der Waals surface area contributed by atoms with Crippen molar-refractivity contribution in [2.24, 2.45) is 0 Å². The van der Waals surface area contributed by atoms with E-state index >= 15 is 0 Å². The molecule has 0 aliphatic carbocycles. The molecule has 0 unspecified atom stereocenters. The molecule has 0 spiro atoms. The molecule has 0 atom stereocenters. The van der Waals surface area contributed by atoms with Gasteiger partial charge in [-0.25, -0.2) is 0 Å². The molecule has 0 saturated carbocycles. The van der Waals surface area contributed by atoms with Gasteiger partial charge < -0.3 is 15.0 Å². The van der Waals surface area contributed by atoms with Gasteiger partial charge in [0, 0.05) is 25.4 Å². The standard InChI is InChI=1S/C16H25ClN2O2/c1-19(2)12-13-21-15-7-5-14(6-8-15)9-11-18-16(20)4-3-10-17/h5-8H,3-4,9-13H2,1-2H3,(H,18,20). The first kappa shape index (κ1) is 17.8. The summed E-state index contributed by atoms with van der Waals surface area (Å²) in [5.41, 5.74) is 1.19. The van der Waals surface area contributed by atoms with Crippen LogP contribution in [0.25, 0.3) is 0 Å². The molecule has 1 aromatic rings. The minimum Gasteiger partial charge on any atom is -0.492 e. The van der Waals surface area contributed by atoms with E-state index in [9.17, 15) is 4.79 Å². The summed E-state index contributed by atoms with van der Waals surface area (Å²) in [6.45, 7) is 2.24. The van der Waals surface area contributed by atoms with Crippen LogP contribution in [0.3, 0.4) is 0 Å². The lowest BCUT2D eigenvalue weighted by molar-refractivity contribution is -0.121. The lowest BCUT2D eigenvalue weighted by atomic mass is 10.1. The van der Waals surface area contributed by atoms with Crippen LogP contribution >= 0.6 is 11.6 Å². The van der Waals surface area contributed by atoms with E-state index in [1.165, 1.54) is 5.56 Å². The second-order valence-corrected chi connectivity index (χ2v) is 5.57. The van der Waals surface area contributed by atoms with Crippen molar-refractivity contribution in [1.82, 2.24) is 10.2 Å². The molecule has 1 N–H and O–H groups in total. The zero-order chi connectivity index (χ0) is 15.5. The van der Waals surface area contributed by atoms with Gasteiger partial charge in [-0.1, -0.05) is 12.1 Å². The number of nitrogens with zero attached hydrogens (tertiary/aromatic N) is 1. The molecule has 0 heterocycles. The Labute approximate surface area is 132 Å². The van der Waals surface area contributed by atoms with Crippen molar-refractivity contribution in [1.29, 1.82) is 0 Å². The molecule has 21 heavy (non-hydrogen) atoms. The summed E-state index contributed by atoms with van der Waals surface area (Å²) in [5.74, 6) is 1.48. The zero-order valence-corrected chi connectivity index (χ0v) is 13.7. The van der Waals surface area contributed by atoms with E-state index in [0.29, 0.717) is 25.5 Å². The van der Waals surface area contributed by atoms with Crippen LogP contribution in [0.1, 0.15) is 18.4 Å². The number of halogens is 1. The molecule has 0 aromatic heterocycles. The number of nitrogens with one attached hydrogen (secondary N) is 1. The van der Waals surface area contributed by atoms with E-state index in [-0.39, 0.29) is 5.91 Å². The summed E-state index contributed by atoms with van der Waals surface area (Å²) in [5, 5.41) is 2.89. The van der Waals surface area contributed by atoms with Gasteiger partial charge >= 0.3 is 0 Å². The number of benzene rings is 1. The molecule has 4 nitrogen and oxygen atoms in total. The van der Waals surface area contributed by atoms with Gasteiger partial charge in [-0.2, -0.15) is 0 Å². The summed E-state index contributed by atoms with van der Waals surface area (Å²) in [4.78, 5) is 13.5. The lowest BCUT2D eigenvalue weighted by Gasteiger charge is -2.11. The van der Waals surface area contributed by atoms with Crippen LogP contribution in [0.2, 0.25) is 0 Å². The monoisotopic (exact) mass is 312 g/mol. The first-order valence-corrected chi connectivity index (χ1v) is 7.84. The minimum absolute atomic E-state index is 0.0688. The Bertz CT molecular complexity index is 407. The molecule has 0 aliphatic heterocycles. The maximum Gasteiger partial charge on any atom is 0.220 e. The van der Waals surface area contributed by atoms with Crippen molar-refractivity contribution in [3.63, 3.8) is 0 Å². The van der Waals surface area contributed by atoms with E-state index in [1.54, 1.807) is 0 Å². The Balaban J connectivity index is 2.23. The molecule has 5 heteroatoms. The number of carbonyl (C=O) groups excluding carboxylic acids is 1. The fraction of sp³-hybridized carbons (Fsp3) is 0.562. The molecule has 0 bridgehead atoms. The Morgan fingerprint density at radius 1 is 1.29 bits per heavy atom. The van der Waals surface area contributed by atoms with E-state index in [1.807, 2.05) is 38.4 Å². The van der Waals surface area contributed by atoms with Crippen LogP contribution in [0.5, 0.6) is 5.75 Å². The third-order valence-corrected chi connectivity index (χ3v) is 3.27. The predicted octanol–water partition coefficient (Wildman–Crippen LogP) is 2.30. The third kappa shape index (κ3) is 8.58. The van der Waals surface area contributed by atoms with Gasteiger partial charge in [0.15, 0.2) is 0 Å². The highest BCUT2D eigenvalue weighted by Gasteiger charge is 2.01. The Hall–Kier alpha value is -1.26. The number of amides is 1. The Morgan fingerprint density at radius 2 is 2.00 bits per heavy atom. The Kier molecular flexibility index (Phi) is 8.87. The number of ether oxygens (including phenoxy) is 1. The SMILES string of the molecule is CN(C)CCOc1ccc(CCNC(=O)CCCCl)cc1. The van der Waals surface area contributed by atoms with Crippen LogP contribution in [-0.2, 0) is 11.2 Å². The van der Waals surface area contributed by atoms with Gasteiger partial charge in [-0.15, -0.1) is 11.6 Å². The van der Waals surface area contributed by atoms with E-state index in [4.69, 9.17) is 16.3 Å². The summed E-state index contributed by atoms with van der Waals surface area (Å²) in [6, 6.07) is 8.02. The molecule has 0 saturated heterocycles. The molecule has 0 fully saturated rings. The second-order valence-electron chi connectivity index (χ2n) is 5.19. The van der Waals surface area contributed by atoms with Gasteiger partial charge in [0.1, 0.15) is 12.4 Å². The molecule has 0 aliphatic rings. The average Bonchev–Trinajstić information content (AvgIpc) is 2.46. The summed E-state index contributed by atoms with van der Waals surface area (Å²) >= 11 is 5.55. The molecule has 1 amide bonds. The molecule has 1 rings (SSSR count). The van der Waals surface area contributed by atoms with E-state index in [0.717, 1.165) is 25.1 Å². The fourth-order valence-electron chi connectivity index (χ4n) is 1.76. The molecule has 118 valence electrons. The van der Waals surface area contributed by atoms with Crippen molar-refractivity contribution in [2.45, 2.75) is 19.3 Å². The zero-order valence-electron chi connectivity index (χ0n) is 12.9. The number of likely N-dealkylation sites (N-methyl/N-ethyl adjacent to an activating group) is 1. The van der Waals surface area contributed by atoms with Gasteiger partial charge in [-0.3, -0.25) is 4.79 Å². The van der Waals surface area contributed by atoms with E-state index < -0.39 is 0 Å². The van der Waals surface area contributed by atoms with Crippen LogP contribution in [0.15, 0.2) is 24.3 Å².